The smallest absolute Gasteiger partial charge is 0.241 e. The highest BCUT2D eigenvalue weighted by molar-refractivity contribution is 7.91. The molecule has 1 amide bonds. The van der Waals surface area contributed by atoms with Gasteiger partial charge in [-0.05, 0) is 12.1 Å². The number of hydrogen-bond acceptors (Lipinski definition) is 6. The number of nitrogens with one attached hydrogen (secondary N) is 1. The van der Waals surface area contributed by atoms with Gasteiger partial charge in [0, 0.05) is 39.3 Å². The fourth-order valence-corrected chi connectivity index (χ4v) is 4.48. The van der Waals surface area contributed by atoms with Crippen molar-refractivity contribution in [3.05, 3.63) is 30.3 Å². The van der Waals surface area contributed by atoms with E-state index in [1.165, 1.54) is 0 Å². The molecule has 0 saturated carbocycles. The Hall–Kier alpha value is -1.19. The molecule has 26 heavy (non-hydrogen) atoms. The highest BCUT2D eigenvalue weighted by atomic mass is 35.5. The molecule has 7 nitrogen and oxygen atoms in total. The quantitative estimate of drug-likeness (QED) is 0.746. The molecule has 2 heterocycles. The monoisotopic (exact) mass is 403 g/mol. The van der Waals surface area contributed by atoms with Crippen LogP contribution >= 0.6 is 12.4 Å². The molecule has 0 radical (unpaired) electrons. The molecule has 1 aromatic carbocycles. The molecular weight excluding hydrogens is 378 g/mol. The third kappa shape index (κ3) is 5.40. The van der Waals surface area contributed by atoms with Crippen LogP contribution < -0.4 is 5.32 Å². The summed E-state index contributed by atoms with van der Waals surface area (Å²) in [5.74, 6) is 0.147. The van der Waals surface area contributed by atoms with Crippen LogP contribution in [-0.4, -0.2) is 88.4 Å². The van der Waals surface area contributed by atoms with Crippen LogP contribution in [0.15, 0.2) is 35.2 Å². The highest BCUT2D eigenvalue weighted by Crippen LogP contribution is 2.12. The SMILES string of the molecule is Cl.O=C(C1CN(CCS(=O)(=O)c2ccccc2)CCN1)N1CCOCC1. The lowest BCUT2D eigenvalue weighted by molar-refractivity contribution is -0.138. The van der Waals surface area contributed by atoms with E-state index in [9.17, 15) is 13.2 Å². The second-order valence-electron chi connectivity index (χ2n) is 6.38. The lowest BCUT2D eigenvalue weighted by Crippen LogP contribution is -2.59. The highest BCUT2D eigenvalue weighted by Gasteiger charge is 2.30. The van der Waals surface area contributed by atoms with E-state index in [1.807, 2.05) is 4.90 Å². The third-order valence-corrected chi connectivity index (χ3v) is 6.37. The first-order valence-electron chi connectivity index (χ1n) is 8.66. The maximum atomic E-state index is 12.6. The Kier molecular flexibility index (Phi) is 7.85. The second kappa shape index (κ2) is 9.66. The van der Waals surface area contributed by atoms with Crippen LogP contribution in [0.2, 0.25) is 0 Å². The fraction of sp³-hybridized carbons (Fsp3) is 0.588. The summed E-state index contributed by atoms with van der Waals surface area (Å²) in [6.07, 6.45) is 0. The molecule has 2 aliphatic rings. The molecule has 1 unspecified atom stereocenters. The fourth-order valence-electron chi connectivity index (χ4n) is 3.18. The molecule has 0 aliphatic carbocycles. The molecule has 2 aliphatic heterocycles. The molecule has 9 heteroatoms. The topological polar surface area (TPSA) is 79.0 Å². The van der Waals surface area contributed by atoms with Gasteiger partial charge in [-0.25, -0.2) is 8.42 Å². The van der Waals surface area contributed by atoms with E-state index in [0.717, 1.165) is 6.54 Å². The molecule has 1 aromatic rings. The van der Waals surface area contributed by atoms with Crippen LogP contribution in [0.25, 0.3) is 0 Å². The largest absolute Gasteiger partial charge is 0.378 e. The van der Waals surface area contributed by atoms with Gasteiger partial charge in [-0.1, -0.05) is 18.2 Å². The molecule has 0 aromatic heterocycles. The molecular formula is C17H26ClN3O4S. The number of nitrogens with zero attached hydrogens (tertiary/aromatic N) is 2. The molecule has 3 rings (SSSR count). The van der Waals surface area contributed by atoms with Gasteiger partial charge >= 0.3 is 0 Å². The predicted octanol–water partition coefficient (Wildman–Crippen LogP) is 0.0147. The lowest BCUT2D eigenvalue weighted by atomic mass is 10.1. The van der Waals surface area contributed by atoms with E-state index in [1.54, 1.807) is 30.3 Å². The van der Waals surface area contributed by atoms with Gasteiger partial charge in [-0.2, -0.15) is 0 Å². The lowest BCUT2D eigenvalue weighted by Gasteiger charge is -2.36. The van der Waals surface area contributed by atoms with Gasteiger partial charge in [-0.3, -0.25) is 9.69 Å². The van der Waals surface area contributed by atoms with Gasteiger partial charge < -0.3 is 15.0 Å². The van der Waals surface area contributed by atoms with Crippen molar-refractivity contribution in [2.75, 3.05) is 58.2 Å². The van der Waals surface area contributed by atoms with Crippen LogP contribution in [0.1, 0.15) is 0 Å². The van der Waals surface area contributed by atoms with Crippen molar-refractivity contribution in [1.29, 1.82) is 0 Å². The third-order valence-electron chi connectivity index (χ3n) is 4.66. The summed E-state index contributed by atoms with van der Waals surface area (Å²) in [6, 6.07) is 8.24. The number of piperazine rings is 1. The average molecular weight is 404 g/mol. The Labute approximate surface area is 161 Å². The normalized spacial score (nSPS) is 21.8. The van der Waals surface area contributed by atoms with E-state index in [0.29, 0.717) is 50.8 Å². The standard InChI is InChI=1S/C17H25N3O4S.ClH/c21-17(20-8-11-24-12-9-20)16-14-19(7-6-18-16)10-13-25(22,23)15-4-2-1-3-5-15;/h1-5,16,18H,6-14H2;1H. The zero-order chi connectivity index (χ0) is 17.7. The summed E-state index contributed by atoms with van der Waals surface area (Å²) >= 11 is 0. The number of morpholine rings is 1. The predicted molar refractivity (Wildman–Crippen MR) is 101 cm³/mol. The average Bonchev–Trinajstić information content (AvgIpc) is 2.67. The Morgan fingerprint density at radius 1 is 1.15 bits per heavy atom. The van der Waals surface area contributed by atoms with Gasteiger partial charge in [0.05, 0.1) is 29.9 Å². The molecule has 1 N–H and O–H groups in total. The van der Waals surface area contributed by atoms with Crippen molar-refractivity contribution in [3.63, 3.8) is 0 Å². The van der Waals surface area contributed by atoms with Gasteiger partial charge in [-0.15, -0.1) is 12.4 Å². The van der Waals surface area contributed by atoms with Gasteiger partial charge in [0.15, 0.2) is 9.84 Å². The summed E-state index contributed by atoms with van der Waals surface area (Å²) in [7, 11) is -3.29. The van der Waals surface area contributed by atoms with Crippen LogP contribution in [0.5, 0.6) is 0 Å². The van der Waals surface area contributed by atoms with Crippen LogP contribution in [0.3, 0.4) is 0 Å². The summed E-state index contributed by atoms with van der Waals surface area (Å²) in [5.41, 5.74) is 0. The van der Waals surface area contributed by atoms with E-state index < -0.39 is 9.84 Å². The maximum Gasteiger partial charge on any atom is 0.241 e. The number of sulfone groups is 1. The van der Waals surface area contributed by atoms with E-state index in [2.05, 4.69) is 10.2 Å². The van der Waals surface area contributed by atoms with Gasteiger partial charge in [0.25, 0.3) is 0 Å². The molecule has 1 atom stereocenters. The van der Waals surface area contributed by atoms with E-state index in [-0.39, 0.29) is 30.1 Å². The van der Waals surface area contributed by atoms with E-state index in [4.69, 9.17) is 4.74 Å². The zero-order valence-corrected chi connectivity index (χ0v) is 16.3. The minimum Gasteiger partial charge on any atom is -0.378 e. The second-order valence-corrected chi connectivity index (χ2v) is 8.49. The van der Waals surface area contributed by atoms with Crippen molar-refractivity contribution in [1.82, 2.24) is 15.1 Å². The number of hydrogen-bond donors (Lipinski definition) is 1. The number of carbonyl (C=O) groups excluding carboxylic acids is 1. The van der Waals surface area contributed by atoms with E-state index >= 15 is 0 Å². The number of amides is 1. The van der Waals surface area contributed by atoms with Crippen molar-refractivity contribution in [2.45, 2.75) is 10.9 Å². The molecule has 0 spiro atoms. The van der Waals surface area contributed by atoms with Crippen LogP contribution in [0, 0.1) is 0 Å². The number of ether oxygens (including phenoxy) is 1. The van der Waals surface area contributed by atoms with Gasteiger partial charge in [0.2, 0.25) is 5.91 Å². The Morgan fingerprint density at radius 2 is 1.85 bits per heavy atom. The van der Waals surface area contributed by atoms with Gasteiger partial charge in [0.1, 0.15) is 0 Å². The maximum absolute atomic E-state index is 12.6. The van der Waals surface area contributed by atoms with Crippen molar-refractivity contribution >= 4 is 28.2 Å². The molecule has 2 fully saturated rings. The first-order valence-corrected chi connectivity index (χ1v) is 10.3. The zero-order valence-electron chi connectivity index (χ0n) is 14.7. The molecule has 146 valence electrons. The summed E-state index contributed by atoms with van der Waals surface area (Å²) in [6.45, 7) is 4.82. The molecule has 0 bridgehead atoms. The summed E-state index contributed by atoms with van der Waals surface area (Å²) in [4.78, 5) is 16.8. The minimum absolute atomic E-state index is 0. The Bertz CT molecular complexity index is 681. The van der Waals surface area contributed by atoms with Crippen molar-refractivity contribution in [2.24, 2.45) is 0 Å². The van der Waals surface area contributed by atoms with Crippen LogP contribution in [0.4, 0.5) is 0 Å². The van der Waals surface area contributed by atoms with Crippen molar-refractivity contribution in [3.8, 4) is 0 Å². The Balaban J connectivity index is 0.00000243. The number of benzene rings is 1. The Morgan fingerprint density at radius 3 is 2.54 bits per heavy atom. The summed E-state index contributed by atoms with van der Waals surface area (Å²) < 4.78 is 30.1. The first kappa shape index (κ1) is 21.1. The van der Waals surface area contributed by atoms with Crippen molar-refractivity contribution < 1.29 is 17.9 Å². The molecule has 2 saturated heterocycles. The number of rotatable bonds is 5. The number of halogens is 1. The minimum atomic E-state index is -3.29. The number of carbonyl (C=O) groups is 1. The van der Waals surface area contributed by atoms with Crippen LogP contribution in [-0.2, 0) is 19.4 Å². The summed E-state index contributed by atoms with van der Waals surface area (Å²) in [5, 5.41) is 3.25. The first-order chi connectivity index (χ1) is 12.1.